The Bertz CT molecular complexity index is 595. The van der Waals surface area contributed by atoms with Crippen LogP contribution in [0.5, 0.6) is 5.75 Å². The molecule has 1 fully saturated rings. The molecule has 2 rings (SSSR count). The Morgan fingerprint density at radius 3 is 2.83 bits per heavy atom. The minimum absolute atomic E-state index is 0.0252. The molecule has 0 radical (unpaired) electrons. The number of benzene rings is 1. The molecule has 1 unspecified atom stereocenters. The van der Waals surface area contributed by atoms with E-state index in [0.29, 0.717) is 24.4 Å². The molecule has 126 valence electrons. The molecule has 0 aromatic heterocycles. The van der Waals surface area contributed by atoms with E-state index in [9.17, 15) is 4.79 Å². The zero-order valence-corrected chi connectivity index (χ0v) is 13.7. The summed E-state index contributed by atoms with van der Waals surface area (Å²) in [5.41, 5.74) is 5.63. The van der Waals surface area contributed by atoms with Gasteiger partial charge in [0.15, 0.2) is 5.84 Å². The monoisotopic (exact) mass is 321 g/mol. The quantitative estimate of drug-likeness (QED) is 0.385. The molecule has 1 saturated heterocycles. The molecule has 1 atom stereocenters. The van der Waals surface area contributed by atoms with E-state index in [1.807, 2.05) is 20.8 Å². The SMILES string of the molecule is CC(C)(C)OC(=O)N1CCC(Oc2cccc(C(N)=NO)c2)C1. The lowest BCUT2D eigenvalue weighted by atomic mass is 10.2. The van der Waals surface area contributed by atoms with Crippen molar-refractivity contribution in [2.75, 3.05) is 13.1 Å². The Kier molecular flexibility index (Phi) is 4.98. The van der Waals surface area contributed by atoms with E-state index < -0.39 is 5.60 Å². The second kappa shape index (κ2) is 6.76. The predicted molar refractivity (Wildman–Crippen MR) is 85.8 cm³/mol. The van der Waals surface area contributed by atoms with Crippen molar-refractivity contribution in [3.63, 3.8) is 0 Å². The van der Waals surface area contributed by atoms with Crippen molar-refractivity contribution in [1.29, 1.82) is 0 Å². The van der Waals surface area contributed by atoms with Gasteiger partial charge in [-0.1, -0.05) is 17.3 Å². The van der Waals surface area contributed by atoms with Crippen molar-refractivity contribution in [3.8, 4) is 5.75 Å². The van der Waals surface area contributed by atoms with Gasteiger partial charge in [0, 0.05) is 18.5 Å². The summed E-state index contributed by atoms with van der Waals surface area (Å²) in [7, 11) is 0. The van der Waals surface area contributed by atoms with Crippen molar-refractivity contribution in [2.24, 2.45) is 10.9 Å². The van der Waals surface area contributed by atoms with Crippen LogP contribution in [0, 0.1) is 0 Å². The number of amides is 1. The van der Waals surface area contributed by atoms with Crippen molar-refractivity contribution in [3.05, 3.63) is 29.8 Å². The maximum Gasteiger partial charge on any atom is 0.410 e. The highest BCUT2D eigenvalue weighted by molar-refractivity contribution is 5.97. The van der Waals surface area contributed by atoms with Crippen LogP contribution in [0.3, 0.4) is 0 Å². The fourth-order valence-corrected chi connectivity index (χ4v) is 2.30. The number of carbonyl (C=O) groups excluding carboxylic acids is 1. The number of ether oxygens (including phenoxy) is 2. The van der Waals surface area contributed by atoms with Crippen LogP contribution in [0.2, 0.25) is 0 Å². The van der Waals surface area contributed by atoms with Gasteiger partial charge in [0.1, 0.15) is 17.5 Å². The topological polar surface area (TPSA) is 97.4 Å². The third-order valence-electron chi connectivity index (χ3n) is 3.34. The van der Waals surface area contributed by atoms with E-state index >= 15 is 0 Å². The minimum atomic E-state index is -0.508. The Labute approximate surface area is 135 Å². The number of rotatable bonds is 3. The van der Waals surface area contributed by atoms with Gasteiger partial charge in [-0.2, -0.15) is 0 Å². The van der Waals surface area contributed by atoms with Crippen LogP contribution in [0.25, 0.3) is 0 Å². The van der Waals surface area contributed by atoms with Gasteiger partial charge in [-0.15, -0.1) is 0 Å². The molecule has 1 aliphatic rings. The molecule has 7 nitrogen and oxygen atoms in total. The highest BCUT2D eigenvalue weighted by atomic mass is 16.6. The Morgan fingerprint density at radius 1 is 1.43 bits per heavy atom. The second-order valence-electron chi connectivity index (χ2n) is 6.47. The number of amidine groups is 1. The summed E-state index contributed by atoms with van der Waals surface area (Å²) in [4.78, 5) is 13.7. The summed E-state index contributed by atoms with van der Waals surface area (Å²) in [6, 6.07) is 6.99. The first-order valence-corrected chi connectivity index (χ1v) is 7.51. The molecular weight excluding hydrogens is 298 g/mol. The van der Waals surface area contributed by atoms with Gasteiger partial charge >= 0.3 is 6.09 Å². The fraction of sp³-hybridized carbons (Fsp3) is 0.500. The number of likely N-dealkylation sites (tertiary alicyclic amines) is 1. The first kappa shape index (κ1) is 16.9. The standard InChI is InChI=1S/C16H23N3O4/c1-16(2,3)23-15(20)19-8-7-13(10-19)22-12-6-4-5-11(9-12)14(17)18-21/h4-6,9,13,21H,7-8,10H2,1-3H3,(H2,17,18). The van der Waals surface area contributed by atoms with Gasteiger partial charge in [-0.25, -0.2) is 4.79 Å². The molecule has 0 aliphatic carbocycles. The van der Waals surface area contributed by atoms with Crippen LogP contribution in [0.1, 0.15) is 32.8 Å². The fourth-order valence-electron chi connectivity index (χ4n) is 2.30. The summed E-state index contributed by atoms with van der Waals surface area (Å²) < 4.78 is 11.2. The Balaban J connectivity index is 1.94. The van der Waals surface area contributed by atoms with Crippen LogP contribution in [-0.4, -0.2) is 46.8 Å². The van der Waals surface area contributed by atoms with Gasteiger partial charge in [-0.3, -0.25) is 0 Å². The number of hydrogen-bond donors (Lipinski definition) is 2. The molecule has 0 spiro atoms. The molecule has 7 heteroatoms. The molecule has 0 bridgehead atoms. The summed E-state index contributed by atoms with van der Waals surface area (Å²) in [5.74, 6) is 0.641. The van der Waals surface area contributed by atoms with E-state index in [2.05, 4.69) is 5.16 Å². The summed E-state index contributed by atoms with van der Waals surface area (Å²) >= 11 is 0. The summed E-state index contributed by atoms with van der Waals surface area (Å²) in [6.07, 6.45) is 0.298. The first-order valence-electron chi connectivity index (χ1n) is 7.51. The largest absolute Gasteiger partial charge is 0.488 e. The molecular formula is C16H23N3O4. The average molecular weight is 321 g/mol. The van der Waals surface area contributed by atoms with E-state index in [1.165, 1.54) is 0 Å². The number of hydrogen-bond acceptors (Lipinski definition) is 5. The van der Waals surface area contributed by atoms with E-state index in [-0.39, 0.29) is 18.0 Å². The minimum Gasteiger partial charge on any atom is -0.488 e. The van der Waals surface area contributed by atoms with Crippen molar-refractivity contribution >= 4 is 11.9 Å². The second-order valence-corrected chi connectivity index (χ2v) is 6.47. The molecule has 1 amide bonds. The zero-order chi connectivity index (χ0) is 17.0. The van der Waals surface area contributed by atoms with Crippen LogP contribution in [-0.2, 0) is 4.74 Å². The molecule has 1 aliphatic heterocycles. The van der Waals surface area contributed by atoms with Crippen LogP contribution < -0.4 is 10.5 Å². The molecule has 0 saturated carbocycles. The Hall–Kier alpha value is -2.44. The average Bonchev–Trinajstić information content (AvgIpc) is 2.93. The third-order valence-corrected chi connectivity index (χ3v) is 3.34. The van der Waals surface area contributed by atoms with Crippen LogP contribution in [0.15, 0.2) is 29.4 Å². The highest BCUT2D eigenvalue weighted by Gasteiger charge is 2.30. The van der Waals surface area contributed by atoms with E-state index in [0.717, 1.165) is 6.42 Å². The predicted octanol–water partition coefficient (Wildman–Crippen LogP) is 2.17. The molecule has 3 N–H and O–H groups in total. The van der Waals surface area contributed by atoms with Gasteiger partial charge in [-0.05, 0) is 32.9 Å². The van der Waals surface area contributed by atoms with Crippen LogP contribution in [0.4, 0.5) is 4.79 Å². The molecule has 1 aromatic carbocycles. The van der Waals surface area contributed by atoms with Gasteiger partial charge in [0.05, 0.1) is 6.54 Å². The number of nitrogens with zero attached hydrogens (tertiary/aromatic N) is 2. The van der Waals surface area contributed by atoms with Crippen molar-refractivity contribution in [2.45, 2.75) is 38.9 Å². The zero-order valence-electron chi connectivity index (χ0n) is 13.7. The van der Waals surface area contributed by atoms with Crippen LogP contribution >= 0.6 is 0 Å². The molecule has 1 aromatic rings. The number of carbonyl (C=O) groups is 1. The summed E-state index contributed by atoms with van der Waals surface area (Å²) in [6.45, 7) is 6.59. The third kappa shape index (κ3) is 4.77. The highest BCUT2D eigenvalue weighted by Crippen LogP contribution is 2.21. The maximum atomic E-state index is 12.0. The lowest BCUT2D eigenvalue weighted by molar-refractivity contribution is 0.0275. The first-order chi connectivity index (χ1) is 10.8. The maximum absolute atomic E-state index is 12.0. The van der Waals surface area contributed by atoms with E-state index in [4.69, 9.17) is 20.4 Å². The van der Waals surface area contributed by atoms with E-state index in [1.54, 1.807) is 29.2 Å². The lowest BCUT2D eigenvalue weighted by Gasteiger charge is -2.24. The normalized spacial score (nSPS) is 18.8. The molecule has 23 heavy (non-hydrogen) atoms. The van der Waals surface area contributed by atoms with Gasteiger partial charge in [0.2, 0.25) is 0 Å². The number of oxime groups is 1. The molecule has 1 heterocycles. The number of nitrogens with two attached hydrogens (primary N) is 1. The van der Waals surface area contributed by atoms with Gasteiger partial charge < -0.3 is 25.3 Å². The smallest absolute Gasteiger partial charge is 0.410 e. The lowest BCUT2D eigenvalue weighted by Crippen LogP contribution is -2.36. The van der Waals surface area contributed by atoms with Crippen molar-refractivity contribution in [1.82, 2.24) is 4.90 Å². The van der Waals surface area contributed by atoms with Crippen molar-refractivity contribution < 1.29 is 19.5 Å². The van der Waals surface area contributed by atoms with Gasteiger partial charge in [0.25, 0.3) is 0 Å². The Morgan fingerprint density at radius 2 is 2.17 bits per heavy atom. The summed E-state index contributed by atoms with van der Waals surface area (Å²) in [5, 5.41) is 11.7.